The molecule has 0 aliphatic heterocycles. The molecule has 4 nitrogen and oxygen atoms in total. The standard InChI is InChI=1S/C27H38N2O2/c1-18(2)26(30)25(16-21-11-12-22-7-5-6-8-24(22)15-21)29-27(31)23-13-9-20(10-14-23)17-28-19(3)4/h5-8,11-12,15,18-20,23,25,28H,9-10,13-14,16-17H2,1-4H3,(H,29,31)/t20?,23?,25-/m0/s1. The van der Waals surface area contributed by atoms with E-state index in [2.05, 4.69) is 54.8 Å². The van der Waals surface area contributed by atoms with Gasteiger partial charge in [-0.25, -0.2) is 0 Å². The summed E-state index contributed by atoms with van der Waals surface area (Å²) in [5.74, 6) is 0.724. The molecule has 168 valence electrons. The molecule has 0 heterocycles. The van der Waals surface area contributed by atoms with E-state index in [4.69, 9.17) is 0 Å². The Bertz CT molecular complexity index is 882. The molecule has 3 rings (SSSR count). The van der Waals surface area contributed by atoms with Crippen LogP contribution in [-0.2, 0) is 16.0 Å². The van der Waals surface area contributed by atoms with Crippen molar-refractivity contribution >= 4 is 22.5 Å². The van der Waals surface area contributed by atoms with Crippen LogP contribution in [0.1, 0.15) is 58.9 Å². The third kappa shape index (κ3) is 6.64. The van der Waals surface area contributed by atoms with E-state index < -0.39 is 6.04 Å². The lowest BCUT2D eigenvalue weighted by atomic mass is 9.81. The van der Waals surface area contributed by atoms with Crippen molar-refractivity contribution < 1.29 is 9.59 Å². The first-order valence-electron chi connectivity index (χ1n) is 11.9. The van der Waals surface area contributed by atoms with Crippen LogP contribution in [0.25, 0.3) is 10.8 Å². The average Bonchev–Trinajstić information content (AvgIpc) is 2.76. The van der Waals surface area contributed by atoms with Gasteiger partial charge in [-0.15, -0.1) is 0 Å². The number of Topliss-reactive ketones (excluding diaryl/α,β-unsaturated/α-hetero) is 1. The Morgan fingerprint density at radius 3 is 2.26 bits per heavy atom. The lowest BCUT2D eigenvalue weighted by molar-refractivity contribution is -0.132. The lowest BCUT2D eigenvalue weighted by Crippen LogP contribution is -2.47. The molecule has 1 amide bonds. The first-order valence-corrected chi connectivity index (χ1v) is 11.9. The second kappa shape index (κ2) is 10.9. The summed E-state index contributed by atoms with van der Waals surface area (Å²) in [5, 5.41) is 8.99. The number of nitrogens with one attached hydrogen (secondary N) is 2. The monoisotopic (exact) mass is 422 g/mol. The van der Waals surface area contributed by atoms with Crippen LogP contribution >= 0.6 is 0 Å². The molecular weight excluding hydrogens is 384 g/mol. The van der Waals surface area contributed by atoms with E-state index in [9.17, 15) is 9.59 Å². The van der Waals surface area contributed by atoms with Crippen LogP contribution in [0, 0.1) is 17.8 Å². The van der Waals surface area contributed by atoms with Crippen molar-refractivity contribution in [3.8, 4) is 0 Å². The Labute approximate surface area is 187 Å². The zero-order valence-corrected chi connectivity index (χ0v) is 19.5. The maximum absolute atomic E-state index is 13.0. The summed E-state index contributed by atoms with van der Waals surface area (Å²) in [6.45, 7) is 9.19. The quantitative estimate of drug-likeness (QED) is 0.604. The summed E-state index contributed by atoms with van der Waals surface area (Å²) in [6.07, 6.45) is 4.52. The topological polar surface area (TPSA) is 58.2 Å². The predicted octanol–water partition coefficient (Wildman–Crippen LogP) is 4.90. The highest BCUT2D eigenvalue weighted by molar-refractivity contribution is 5.91. The molecule has 0 unspecified atom stereocenters. The molecule has 31 heavy (non-hydrogen) atoms. The zero-order chi connectivity index (χ0) is 22.4. The molecule has 1 atom stereocenters. The fourth-order valence-corrected chi connectivity index (χ4v) is 4.55. The zero-order valence-electron chi connectivity index (χ0n) is 19.5. The van der Waals surface area contributed by atoms with E-state index in [1.165, 1.54) is 5.39 Å². The summed E-state index contributed by atoms with van der Waals surface area (Å²) < 4.78 is 0. The number of fused-ring (bicyclic) bond motifs is 1. The molecule has 4 heteroatoms. The third-order valence-corrected chi connectivity index (χ3v) is 6.51. The highest BCUT2D eigenvalue weighted by Crippen LogP contribution is 2.29. The normalized spacial score (nSPS) is 20.2. The van der Waals surface area contributed by atoms with Gasteiger partial charge in [-0.05, 0) is 60.9 Å². The van der Waals surface area contributed by atoms with E-state index >= 15 is 0 Å². The van der Waals surface area contributed by atoms with Gasteiger partial charge in [-0.3, -0.25) is 9.59 Å². The van der Waals surface area contributed by atoms with Gasteiger partial charge in [0.1, 0.15) is 0 Å². The minimum Gasteiger partial charge on any atom is -0.346 e. The maximum atomic E-state index is 13.0. The number of carbonyl (C=O) groups is 2. The number of hydrogen-bond acceptors (Lipinski definition) is 3. The summed E-state index contributed by atoms with van der Waals surface area (Å²) in [4.78, 5) is 25.9. The van der Waals surface area contributed by atoms with Gasteiger partial charge in [-0.2, -0.15) is 0 Å². The summed E-state index contributed by atoms with van der Waals surface area (Å²) in [5.41, 5.74) is 1.08. The summed E-state index contributed by atoms with van der Waals surface area (Å²) >= 11 is 0. The Kier molecular flexibility index (Phi) is 8.25. The van der Waals surface area contributed by atoms with Crippen molar-refractivity contribution in [3.05, 3.63) is 48.0 Å². The summed E-state index contributed by atoms with van der Waals surface area (Å²) in [6, 6.07) is 14.6. The van der Waals surface area contributed by atoms with Gasteiger partial charge in [0.2, 0.25) is 5.91 Å². The average molecular weight is 423 g/mol. The van der Waals surface area contributed by atoms with Gasteiger partial charge in [0, 0.05) is 17.9 Å². The van der Waals surface area contributed by atoms with Crippen LogP contribution in [-0.4, -0.2) is 30.3 Å². The molecule has 1 saturated carbocycles. The van der Waals surface area contributed by atoms with Gasteiger partial charge in [-0.1, -0.05) is 70.2 Å². The predicted molar refractivity (Wildman–Crippen MR) is 128 cm³/mol. The first-order chi connectivity index (χ1) is 14.8. The summed E-state index contributed by atoms with van der Waals surface area (Å²) in [7, 11) is 0. The van der Waals surface area contributed by atoms with Crippen LogP contribution < -0.4 is 10.6 Å². The fraction of sp³-hybridized carbons (Fsp3) is 0.556. The van der Waals surface area contributed by atoms with Crippen LogP contribution in [0.15, 0.2) is 42.5 Å². The van der Waals surface area contributed by atoms with Gasteiger partial charge >= 0.3 is 0 Å². The number of amides is 1. The van der Waals surface area contributed by atoms with Crippen molar-refractivity contribution in [2.24, 2.45) is 17.8 Å². The van der Waals surface area contributed by atoms with Gasteiger partial charge in [0.25, 0.3) is 0 Å². The largest absolute Gasteiger partial charge is 0.346 e. The van der Waals surface area contributed by atoms with Gasteiger partial charge in [0.15, 0.2) is 5.78 Å². The molecule has 1 aliphatic carbocycles. The van der Waals surface area contributed by atoms with Gasteiger partial charge in [0.05, 0.1) is 6.04 Å². The molecule has 2 aromatic carbocycles. The highest BCUT2D eigenvalue weighted by Gasteiger charge is 2.30. The molecule has 1 aliphatic rings. The first kappa shape index (κ1) is 23.5. The third-order valence-electron chi connectivity index (χ3n) is 6.51. The van der Waals surface area contributed by atoms with Crippen molar-refractivity contribution in [2.75, 3.05) is 6.54 Å². The number of carbonyl (C=O) groups excluding carboxylic acids is 2. The van der Waals surface area contributed by atoms with E-state index in [1.807, 2.05) is 26.0 Å². The van der Waals surface area contributed by atoms with Crippen LogP contribution in [0.3, 0.4) is 0 Å². The Morgan fingerprint density at radius 1 is 0.935 bits per heavy atom. The molecule has 0 aromatic heterocycles. The Balaban J connectivity index is 1.62. The number of ketones is 1. The lowest BCUT2D eigenvalue weighted by Gasteiger charge is -2.30. The van der Waals surface area contributed by atoms with Crippen molar-refractivity contribution in [1.29, 1.82) is 0 Å². The van der Waals surface area contributed by atoms with Crippen LogP contribution in [0.2, 0.25) is 0 Å². The van der Waals surface area contributed by atoms with E-state index in [0.717, 1.165) is 43.2 Å². The Hall–Kier alpha value is -2.20. The SMILES string of the molecule is CC(C)NCC1CCC(C(=O)N[C@@H](Cc2ccc3ccccc3c2)C(=O)C(C)C)CC1. The van der Waals surface area contributed by atoms with E-state index in [1.54, 1.807) is 0 Å². The second-order valence-corrected chi connectivity index (χ2v) is 9.78. The molecule has 1 fully saturated rings. The second-order valence-electron chi connectivity index (χ2n) is 9.78. The van der Waals surface area contributed by atoms with Crippen molar-refractivity contribution in [1.82, 2.24) is 10.6 Å². The smallest absolute Gasteiger partial charge is 0.223 e. The minimum absolute atomic E-state index is 0.0226. The van der Waals surface area contributed by atoms with Crippen molar-refractivity contribution in [3.63, 3.8) is 0 Å². The molecule has 0 saturated heterocycles. The van der Waals surface area contributed by atoms with Crippen LogP contribution in [0.5, 0.6) is 0 Å². The number of benzene rings is 2. The van der Waals surface area contributed by atoms with Crippen molar-refractivity contribution in [2.45, 2.75) is 71.9 Å². The number of hydrogen-bond donors (Lipinski definition) is 2. The van der Waals surface area contributed by atoms with Gasteiger partial charge < -0.3 is 10.6 Å². The Morgan fingerprint density at radius 2 is 1.61 bits per heavy atom. The minimum atomic E-state index is -0.464. The molecule has 2 aromatic rings. The highest BCUT2D eigenvalue weighted by atomic mass is 16.2. The molecule has 0 radical (unpaired) electrons. The van der Waals surface area contributed by atoms with Crippen LogP contribution in [0.4, 0.5) is 0 Å². The fourth-order valence-electron chi connectivity index (χ4n) is 4.55. The maximum Gasteiger partial charge on any atom is 0.223 e. The molecule has 0 spiro atoms. The van der Waals surface area contributed by atoms with E-state index in [0.29, 0.717) is 18.4 Å². The molecule has 0 bridgehead atoms. The molecular formula is C27H38N2O2. The number of rotatable bonds is 9. The van der Waals surface area contributed by atoms with E-state index in [-0.39, 0.29) is 23.5 Å². The molecule has 2 N–H and O–H groups in total.